The van der Waals surface area contributed by atoms with Crippen molar-refractivity contribution in [1.29, 1.82) is 0 Å². The molecule has 4 fully saturated rings. The zero-order chi connectivity index (χ0) is 17.3. The molecule has 0 aromatic heterocycles. The Morgan fingerprint density at radius 1 is 1.21 bits per heavy atom. The topological polar surface area (TPSA) is 57.2 Å². The summed E-state index contributed by atoms with van der Waals surface area (Å²) in [5.41, 5.74) is -1.30. The fourth-order valence-corrected chi connectivity index (χ4v) is 4.92. The van der Waals surface area contributed by atoms with E-state index in [1.54, 1.807) is 6.92 Å². The van der Waals surface area contributed by atoms with Gasteiger partial charge in [-0.3, -0.25) is 0 Å². The molecule has 4 heterocycles. The number of alkyl halides is 3. The van der Waals surface area contributed by atoms with Crippen molar-refractivity contribution >= 4 is 0 Å². The number of aliphatic hydroxyl groups excluding tert-OH is 1. The zero-order valence-electron chi connectivity index (χ0n) is 13.6. The molecule has 5 rings (SSSR count). The zero-order valence-corrected chi connectivity index (χ0v) is 13.6. The minimum Gasteiger partial charge on any atom is -0.456 e. The third-order valence-corrected chi connectivity index (χ3v) is 6.08. The van der Waals surface area contributed by atoms with Crippen molar-refractivity contribution in [2.45, 2.75) is 63.4 Å². The van der Waals surface area contributed by atoms with E-state index in [0.717, 1.165) is 6.42 Å². The summed E-state index contributed by atoms with van der Waals surface area (Å²) < 4.78 is 51.5. The molecule has 1 N–H and O–H groups in total. The summed E-state index contributed by atoms with van der Waals surface area (Å²) in [6.45, 7) is 2.99. The first-order valence-electron chi connectivity index (χ1n) is 8.33. The quantitative estimate of drug-likeness (QED) is 0.737. The first-order valence-corrected chi connectivity index (χ1v) is 8.33. The van der Waals surface area contributed by atoms with Crippen LogP contribution < -0.4 is 0 Å². The van der Waals surface area contributed by atoms with Gasteiger partial charge in [-0.15, -0.1) is 0 Å². The Bertz CT molecular complexity index is 577. The summed E-state index contributed by atoms with van der Waals surface area (Å²) in [4.78, 5) is 11.2. The van der Waals surface area contributed by atoms with E-state index in [2.05, 4.69) is 6.92 Å². The Balaban J connectivity index is 1.88. The van der Waals surface area contributed by atoms with Crippen LogP contribution in [-0.4, -0.2) is 35.6 Å². The minimum atomic E-state index is -4.69. The molecule has 8 heteroatoms. The maximum absolute atomic E-state index is 13.5. The summed E-state index contributed by atoms with van der Waals surface area (Å²) in [6, 6.07) is 0. The fraction of sp³-hybridized carbons (Fsp3) is 0.875. The maximum atomic E-state index is 13.5. The highest BCUT2D eigenvalue weighted by atomic mass is 19.4. The van der Waals surface area contributed by atoms with Crippen molar-refractivity contribution in [2.75, 3.05) is 6.61 Å². The van der Waals surface area contributed by atoms with Crippen LogP contribution in [0.5, 0.6) is 0 Å². The van der Waals surface area contributed by atoms with Crippen LogP contribution in [0.25, 0.3) is 0 Å². The van der Waals surface area contributed by atoms with Crippen molar-refractivity contribution in [3.05, 3.63) is 11.3 Å². The van der Waals surface area contributed by atoms with E-state index in [4.69, 9.17) is 19.2 Å². The Morgan fingerprint density at radius 2 is 1.96 bits per heavy atom. The number of allylic oxidation sites excluding steroid dienone is 1. The van der Waals surface area contributed by atoms with E-state index in [0.29, 0.717) is 19.3 Å². The van der Waals surface area contributed by atoms with Crippen LogP contribution in [0.1, 0.15) is 39.5 Å². The highest BCUT2D eigenvalue weighted by molar-refractivity contribution is 5.28. The third kappa shape index (κ3) is 2.09. The van der Waals surface area contributed by atoms with Gasteiger partial charge in [-0.05, 0) is 32.1 Å². The van der Waals surface area contributed by atoms with Crippen LogP contribution in [0.3, 0.4) is 0 Å². The molecule has 1 aliphatic carbocycles. The summed E-state index contributed by atoms with van der Waals surface area (Å²) in [5.74, 6) is -2.71. The molecular formula is C16H21F3O5. The molecule has 4 aliphatic heterocycles. The van der Waals surface area contributed by atoms with Crippen molar-refractivity contribution in [3.63, 3.8) is 0 Å². The highest BCUT2D eigenvalue weighted by Crippen LogP contribution is 2.61. The van der Waals surface area contributed by atoms with E-state index < -0.39 is 42.1 Å². The van der Waals surface area contributed by atoms with Gasteiger partial charge in [0.2, 0.25) is 17.8 Å². The normalized spacial score (nSPS) is 47.9. The van der Waals surface area contributed by atoms with E-state index in [1.807, 2.05) is 0 Å². The highest BCUT2D eigenvalue weighted by Gasteiger charge is 2.70. The van der Waals surface area contributed by atoms with Gasteiger partial charge in [0.15, 0.2) is 5.60 Å². The van der Waals surface area contributed by atoms with Gasteiger partial charge in [0, 0.05) is 23.8 Å². The van der Waals surface area contributed by atoms with Gasteiger partial charge in [0.05, 0.1) is 6.61 Å². The molecule has 136 valence electrons. The maximum Gasteiger partial charge on any atom is 0.449 e. The number of ether oxygens (including phenoxy) is 2. The molecular weight excluding hydrogens is 329 g/mol. The number of fused-ring (bicyclic) bond motifs is 2. The van der Waals surface area contributed by atoms with Crippen molar-refractivity contribution < 1.29 is 37.5 Å². The molecule has 0 radical (unpaired) electrons. The smallest absolute Gasteiger partial charge is 0.449 e. The van der Waals surface area contributed by atoms with Gasteiger partial charge in [0.25, 0.3) is 0 Å². The molecule has 2 bridgehead atoms. The Kier molecular flexibility index (Phi) is 3.53. The van der Waals surface area contributed by atoms with E-state index in [9.17, 15) is 18.3 Å². The SMILES string of the molecule is C[C@@H]1CC[C@H]2C(CO)=C(C(F)(F)F)O[C@@H]3O[C@]4(C)CC[C@@H]1[C@]32OO4. The molecule has 6 atom stereocenters. The summed E-state index contributed by atoms with van der Waals surface area (Å²) in [7, 11) is 0. The van der Waals surface area contributed by atoms with Crippen LogP contribution in [0.4, 0.5) is 13.2 Å². The molecule has 5 aliphatic rings. The number of hydrogen-bond donors (Lipinski definition) is 1. The second-order valence-electron chi connectivity index (χ2n) is 7.48. The number of aliphatic hydroxyl groups is 1. The Hall–Kier alpha value is -0.830. The molecule has 0 unspecified atom stereocenters. The molecule has 0 aromatic rings. The lowest BCUT2D eigenvalue weighted by Crippen LogP contribution is -2.67. The minimum absolute atomic E-state index is 0.0538. The van der Waals surface area contributed by atoms with E-state index in [1.165, 1.54) is 0 Å². The molecule has 24 heavy (non-hydrogen) atoms. The summed E-state index contributed by atoms with van der Waals surface area (Å²) in [6.07, 6.45) is -3.41. The lowest BCUT2D eigenvalue weighted by atomic mass is 9.59. The molecule has 1 spiro atoms. The average Bonchev–Trinajstić information content (AvgIpc) is 2.74. The van der Waals surface area contributed by atoms with Crippen LogP contribution in [0, 0.1) is 17.8 Å². The predicted octanol–water partition coefficient (Wildman–Crippen LogP) is 3.04. The van der Waals surface area contributed by atoms with Gasteiger partial charge < -0.3 is 14.6 Å². The van der Waals surface area contributed by atoms with Gasteiger partial charge in [0.1, 0.15) is 0 Å². The number of hydrogen-bond acceptors (Lipinski definition) is 5. The summed E-state index contributed by atoms with van der Waals surface area (Å²) in [5, 5.41) is 9.66. The van der Waals surface area contributed by atoms with Gasteiger partial charge >= 0.3 is 6.18 Å². The largest absolute Gasteiger partial charge is 0.456 e. The summed E-state index contributed by atoms with van der Waals surface area (Å²) >= 11 is 0. The molecule has 1 saturated carbocycles. The van der Waals surface area contributed by atoms with Crippen LogP contribution in [0.15, 0.2) is 11.3 Å². The van der Waals surface area contributed by atoms with E-state index in [-0.39, 0.29) is 17.4 Å². The van der Waals surface area contributed by atoms with Gasteiger partial charge in [-0.25, -0.2) is 9.78 Å². The van der Waals surface area contributed by atoms with Gasteiger partial charge in [-0.2, -0.15) is 13.2 Å². The van der Waals surface area contributed by atoms with Gasteiger partial charge in [-0.1, -0.05) is 6.92 Å². The monoisotopic (exact) mass is 350 g/mol. The van der Waals surface area contributed by atoms with Crippen LogP contribution in [-0.2, 0) is 19.2 Å². The molecule has 0 amide bonds. The second-order valence-corrected chi connectivity index (χ2v) is 7.48. The van der Waals surface area contributed by atoms with Crippen molar-refractivity contribution in [2.24, 2.45) is 17.8 Å². The standard InChI is InChI=1S/C16H21F3O5/c1-8-3-4-11-9(7-20)12(16(17,18)19)21-13-15(11)10(8)5-6-14(2,22-13)23-24-15/h8,10-11,13,20H,3-7H2,1-2H3/t8-,10+,11+,13-,14+,15-/m1/s1. The van der Waals surface area contributed by atoms with E-state index >= 15 is 0 Å². The van der Waals surface area contributed by atoms with Crippen molar-refractivity contribution in [3.8, 4) is 0 Å². The fourth-order valence-electron chi connectivity index (χ4n) is 4.92. The first kappa shape index (κ1) is 16.6. The lowest BCUT2D eigenvalue weighted by molar-refractivity contribution is -0.557. The molecule has 0 aromatic carbocycles. The Morgan fingerprint density at radius 3 is 2.62 bits per heavy atom. The van der Waals surface area contributed by atoms with Crippen LogP contribution in [0.2, 0.25) is 0 Å². The lowest BCUT2D eigenvalue weighted by Gasteiger charge is -2.57. The predicted molar refractivity (Wildman–Crippen MR) is 74.0 cm³/mol. The average molecular weight is 350 g/mol. The molecule has 5 nitrogen and oxygen atoms in total. The number of halogens is 3. The molecule has 3 saturated heterocycles. The first-order chi connectivity index (χ1) is 11.2. The second kappa shape index (κ2) is 5.09. The Labute approximate surface area is 137 Å². The van der Waals surface area contributed by atoms with Crippen LogP contribution >= 0.6 is 0 Å². The van der Waals surface area contributed by atoms with Crippen molar-refractivity contribution in [1.82, 2.24) is 0 Å². The number of rotatable bonds is 1. The third-order valence-electron chi connectivity index (χ3n) is 6.08.